The Balaban J connectivity index is 0.945. The Bertz CT molecular complexity index is 5080. The topological polar surface area (TPSA) is 105 Å². The summed E-state index contributed by atoms with van der Waals surface area (Å²) in [6.07, 6.45) is 49.6. The van der Waals surface area contributed by atoms with E-state index in [-0.39, 0.29) is 14.5 Å². The minimum absolute atomic E-state index is 0.0560. The van der Waals surface area contributed by atoms with Gasteiger partial charge in [-0.05, 0) is 85.0 Å². The third-order valence-electron chi connectivity index (χ3n) is 23.7. The molecule has 0 atom stereocenters. The standard InChI is InChI=1S/C99H126N6O3S6Se/c1-9-14-19-24-29-31-33-35-37-48-57-73-75-66-79(110-98(75)74(58-49-38-36-34-32-30-25-20-15-10-2)76-67-80(111-99(73)76)87-93-89(100-112-104-93)83(72-55-46-43-47-56-72)68(6)95(87)106-63-50-39-26-21-16-11-3)85-70(8)96(107-64-51-40-27-22-17-12-4)86(92-91(85)102-113-103-92)78-60-59-77(109-78)84-69(7)97(108-65-52-41-28-23-18-13-5)88(94-90(84)101-114-105-94)82-62-61-81(115-82)71-53-44-42-45-54-71/h42-47,53-56,59-62,66-67H,9-41,48-52,57-58,63-65H2,1-8H3. The molecular formula is C99H126N6O3S6Se. The molecule has 0 spiro atoms. The third-order valence-corrected chi connectivity index (χ3v) is 31.3. The zero-order valence-corrected chi connectivity index (χ0v) is 77.0. The maximum atomic E-state index is 7.45. The molecule has 0 aliphatic carbocycles. The fourth-order valence-corrected chi connectivity index (χ4v) is 25.1. The van der Waals surface area contributed by atoms with Crippen LogP contribution in [0.5, 0.6) is 17.2 Å². The summed E-state index contributed by atoms with van der Waals surface area (Å²) in [6.45, 7) is 20.4. The van der Waals surface area contributed by atoms with Crippen LogP contribution in [0.2, 0.25) is 0 Å². The number of rotatable bonds is 53. The Morgan fingerprint density at radius 2 is 0.583 bits per heavy atom. The fraction of sp³-hybridized carbons (Fsp3) is 0.515. The second-order valence-electron chi connectivity index (χ2n) is 32.4. The largest absolute Gasteiger partial charge is 0.135 e. The van der Waals surface area contributed by atoms with Crippen molar-refractivity contribution in [3.05, 3.63) is 125 Å². The molecule has 0 unspecified atom stereocenters. The van der Waals surface area contributed by atoms with E-state index in [0.29, 0.717) is 19.8 Å². The third kappa shape index (κ3) is 21.5. The van der Waals surface area contributed by atoms with Crippen molar-refractivity contribution in [1.82, 2.24) is 26.2 Å². The predicted molar refractivity (Wildman–Crippen MR) is 505 cm³/mol. The SMILES string of the molecule is CCCCCCCCCCCCc1c2cc(-c3c(OCCCCCCCC)c(C)c(-c4ccccc4)c4nsnc34)sc2c(CCCCCCCCCCCC)c2cc(-c3c(C)c(OCCCCCCCC)c(-c4ccc(-c5c(C)c(OCCCCCCCC)c(-c6ccc(-c7ccccc7)[se]6)c6nsnc56)s4)c4nsnc34)sc12. The zero-order valence-electron chi connectivity index (χ0n) is 70.4. The minimum atomic E-state index is 0.0560. The van der Waals surface area contributed by atoms with Gasteiger partial charge in [-0.1, -0.05) is 238 Å². The van der Waals surface area contributed by atoms with Gasteiger partial charge in [-0.2, -0.15) is 8.75 Å². The van der Waals surface area contributed by atoms with Crippen LogP contribution in [0.3, 0.4) is 0 Å². The molecule has 9 nitrogen and oxygen atoms in total. The molecule has 0 radical (unpaired) electrons. The molecule has 0 saturated carbocycles. The van der Waals surface area contributed by atoms with Crippen LogP contribution in [0.4, 0.5) is 0 Å². The first-order valence-corrected chi connectivity index (χ1v) is 51.2. The van der Waals surface area contributed by atoms with Crippen LogP contribution < -0.4 is 14.2 Å². The van der Waals surface area contributed by atoms with Crippen molar-refractivity contribution < 1.29 is 14.2 Å². The molecule has 0 aliphatic rings. The molecule has 0 saturated heterocycles. The molecule has 0 N–H and O–H groups in total. The van der Waals surface area contributed by atoms with E-state index in [9.17, 15) is 0 Å². The van der Waals surface area contributed by atoms with Gasteiger partial charge >= 0.3 is 295 Å². The molecule has 13 aromatic rings. The molecular weight excluding hydrogens is 1590 g/mol. The number of hydrogen-bond donors (Lipinski definition) is 0. The average Bonchev–Trinajstić information content (AvgIpc) is 1.58. The zero-order chi connectivity index (χ0) is 79.5. The predicted octanol–water partition coefficient (Wildman–Crippen LogP) is 33.0. The Kier molecular flexibility index (Phi) is 34.1. The van der Waals surface area contributed by atoms with Crippen molar-refractivity contribution >= 4 is 137 Å². The quantitative estimate of drug-likeness (QED) is 0.0272. The molecule has 612 valence electrons. The van der Waals surface area contributed by atoms with Gasteiger partial charge in [-0.15, -0.1) is 22.7 Å². The van der Waals surface area contributed by atoms with Crippen LogP contribution in [0.25, 0.3) is 126 Å². The van der Waals surface area contributed by atoms with Crippen molar-refractivity contribution in [2.45, 2.75) is 312 Å². The van der Waals surface area contributed by atoms with Gasteiger partial charge in [0.1, 0.15) is 16.8 Å². The van der Waals surface area contributed by atoms with Crippen LogP contribution in [0.1, 0.15) is 306 Å². The Hall–Kier alpha value is -6.20. The second kappa shape index (κ2) is 45.3. The van der Waals surface area contributed by atoms with Gasteiger partial charge in [0.25, 0.3) is 0 Å². The van der Waals surface area contributed by atoms with Crippen molar-refractivity contribution in [3.63, 3.8) is 0 Å². The number of aryl methyl sites for hydroxylation is 2. The van der Waals surface area contributed by atoms with Crippen LogP contribution in [-0.4, -0.2) is 60.6 Å². The molecule has 0 bridgehead atoms. The molecule has 0 amide bonds. The summed E-state index contributed by atoms with van der Waals surface area (Å²) in [5.74, 6) is 2.84. The van der Waals surface area contributed by atoms with E-state index in [1.807, 2.05) is 34.0 Å². The molecule has 7 aromatic heterocycles. The first kappa shape index (κ1) is 86.6. The van der Waals surface area contributed by atoms with E-state index in [0.717, 1.165) is 174 Å². The van der Waals surface area contributed by atoms with E-state index < -0.39 is 0 Å². The fourth-order valence-electron chi connectivity index (χ4n) is 17.3. The van der Waals surface area contributed by atoms with Crippen LogP contribution in [0.15, 0.2) is 97.1 Å². The van der Waals surface area contributed by atoms with Gasteiger partial charge in [0.15, 0.2) is 0 Å². The number of ether oxygens (including phenoxy) is 3. The minimum Gasteiger partial charge on any atom is -0.135 e. The Morgan fingerprint density at radius 1 is 0.278 bits per heavy atom. The summed E-state index contributed by atoms with van der Waals surface area (Å²) in [5.41, 5.74) is 21.1. The molecule has 16 heteroatoms. The molecule has 115 heavy (non-hydrogen) atoms. The summed E-state index contributed by atoms with van der Waals surface area (Å²) in [5, 5.41) is 2.81. The van der Waals surface area contributed by atoms with Crippen molar-refractivity contribution in [2.75, 3.05) is 19.8 Å². The molecule has 13 rings (SSSR count). The number of fused-ring (bicyclic) bond motifs is 5. The van der Waals surface area contributed by atoms with E-state index >= 15 is 0 Å². The summed E-state index contributed by atoms with van der Waals surface area (Å²) >= 11 is 9.84. The number of benzene rings is 6. The summed E-state index contributed by atoms with van der Waals surface area (Å²) in [6, 6.07) is 36.2. The molecule has 0 aliphatic heterocycles. The number of unbranched alkanes of at least 4 members (excludes halogenated alkanes) is 33. The van der Waals surface area contributed by atoms with Gasteiger partial charge in [-0.25, -0.2) is 0 Å². The summed E-state index contributed by atoms with van der Waals surface area (Å²) < 4.78 is 59.1. The Morgan fingerprint density at radius 3 is 1.00 bits per heavy atom. The summed E-state index contributed by atoms with van der Waals surface area (Å²) in [4.78, 5) is 4.74. The van der Waals surface area contributed by atoms with Gasteiger partial charge in [-0.3, -0.25) is 0 Å². The maximum absolute atomic E-state index is 7.45. The molecule has 0 fully saturated rings. The van der Waals surface area contributed by atoms with Gasteiger partial charge in [0.2, 0.25) is 0 Å². The van der Waals surface area contributed by atoms with Crippen LogP contribution >= 0.6 is 69.2 Å². The maximum Gasteiger partial charge on any atom is 0.0391 e. The summed E-state index contributed by atoms with van der Waals surface area (Å²) in [7, 11) is 0. The van der Waals surface area contributed by atoms with Crippen LogP contribution in [0, 0.1) is 20.8 Å². The molecule has 6 aromatic carbocycles. The van der Waals surface area contributed by atoms with E-state index in [1.165, 1.54) is 290 Å². The van der Waals surface area contributed by atoms with Crippen molar-refractivity contribution in [1.29, 1.82) is 0 Å². The van der Waals surface area contributed by atoms with E-state index in [4.69, 9.17) is 40.5 Å². The normalized spacial score (nSPS) is 11.9. The van der Waals surface area contributed by atoms with Gasteiger partial charge < -0.3 is 4.74 Å². The number of thiophene rings is 3. The average molecular weight is 1720 g/mol. The second-order valence-corrected chi connectivity index (χ2v) is 39.5. The van der Waals surface area contributed by atoms with Crippen LogP contribution in [-0.2, 0) is 12.8 Å². The van der Waals surface area contributed by atoms with E-state index in [2.05, 4.69) is 152 Å². The van der Waals surface area contributed by atoms with E-state index in [1.54, 1.807) is 0 Å². The first-order valence-electron chi connectivity index (χ1n) is 44.8. The molecule has 7 heterocycles. The number of hydrogen-bond acceptors (Lipinski definition) is 15. The first-order chi connectivity index (χ1) is 56.8. The van der Waals surface area contributed by atoms with Gasteiger partial charge in [0.05, 0.1) is 23.9 Å². The van der Waals surface area contributed by atoms with Crippen molar-refractivity contribution in [3.8, 4) is 90.1 Å². The number of nitrogens with zero attached hydrogens (tertiary/aromatic N) is 6. The van der Waals surface area contributed by atoms with Gasteiger partial charge in [0, 0.05) is 30.3 Å². The number of aromatic nitrogens is 6. The Labute approximate surface area is 718 Å². The van der Waals surface area contributed by atoms with Crippen molar-refractivity contribution in [2.24, 2.45) is 0 Å². The monoisotopic (exact) mass is 1720 g/mol. The smallest absolute Gasteiger partial charge is 0.0391 e.